The molecule has 0 spiro atoms. The maximum absolute atomic E-state index is 3.58. The van der Waals surface area contributed by atoms with Gasteiger partial charge in [-0.2, -0.15) is 0 Å². The zero-order valence-corrected chi connectivity index (χ0v) is 11.5. The van der Waals surface area contributed by atoms with E-state index in [1.165, 1.54) is 16.7 Å². The molecule has 90 valence electrons. The van der Waals surface area contributed by atoms with E-state index >= 15 is 0 Å². The smallest absolute Gasteiger partial charge is 0.0107 e. The molecule has 0 aliphatic heterocycles. The van der Waals surface area contributed by atoms with E-state index in [4.69, 9.17) is 0 Å². The molecule has 0 saturated carbocycles. The summed E-state index contributed by atoms with van der Waals surface area (Å²) in [5.74, 6) is 0.558. The summed E-state index contributed by atoms with van der Waals surface area (Å²) >= 11 is 0. The molecule has 0 aliphatic rings. The summed E-state index contributed by atoms with van der Waals surface area (Å²) in [7, 11) is 0. The van der Waals surface area contributed by atoms with Crippen molar-refractivity contribution in [3.8, 4) is 0 Å². The average Bonchev–Trinajstić information content (AvgIpc) is 2.15. The van der Waals surface area contributed by atoms with Crippen molar-refractivity contribution < 1.29 is 0 Å². The number of nitrogens with one attached hydrogen (secondary N) is 1. The maximum Gasteiger partial charge on any atom is 0.0107 e. The summed E-state index contributed by atoms with van der Waals surface area (Å²) in [5, 5.41) is 3.58. The van der Waals surface area contributed by atoms with Gasteiger partial charge in [0.25, 0.3) is 0 Å². The largest absolute Gasteiger partial charge is 0.311 e. The Morgan fingerprint density at radius 3 is 2.12 bits per heavy atom. The van der Waals surface area contributed by atoms with Gasteiger partial charge in [0.1, 0.15) is 0 Å². The zero-order valence-electron chi connectivity index (χ0n) is 11.5. The molecule has 0 bridgehead atoms. The van der Waals surface area contributed by atoms with Crippen LogP contribution in [-0.2, 0) is 0 Å². The van der Waals surface area contributed by atoms with E-state index in [-0.39, 0.29) is 0 Å². The fourth-order valence-electron chi connectivity index (χ4n) is 2.28. The predicted octanol–water partition coefficient (Wildman–Crippen LogP) is 3.79. The SMILES string of the molecule is Cc1ccc(C(C)C(C)NC(C)C)c(C)c1. The van der Waals surface area contributed by atoms with Gasteiger partial charge in [-0.15, -0.1) is 0 Å². The second-order valence-electron chi connectivity index (χ2n) is 5.26. The molecule has 0 aliphatic carbocycles. The highest BCUT2D eigenvalue weighted by Gasteiger charge is 2.16. The Kier molecular flexibility index (Phi) is 4.55. The lowest BCUT2D eigenvalue weighted by Gasteiger charge is -2.25. The first kappa shape index (κ1) is 13.2. The van der Waals surface area contributed by atoms with Gasteiger partial charge < -0.3 is 5.32 Å². The second-order valence-corrected chi connectivity index (χ2v) is 5.26. The van der Waals surface area contributed by atoms with Gasteiger partial charge in [0, 0.05) is 12.1 Å². The summed E-state index contributed by atoms with van der Waals surface area (Å²) < 4.78 is 0. The fourth-order valence-corrected chi connectivity index (χ4v) is 2.28. The summed E-state index contributed by atoms with van der Waals surface area (Å²) in [6, 6.07) is 7.81. The third-order valence-corrected chi connectivity index (χ3v) is 3.26. The van der Waals surface area contributed by atoms with Crippen LogP contribution in [0.4, 0.5) is 0 Å². The maximum atomic E-state index is 3.58. The number of benzene rings is 1. The Labute approximate surface area is 100 Å². The van der Waals surface area contributed by atoms with Gasteiger partial charge >= 0.3 is 0 Å². The minimum absolute atomic E-state index is 0.515. The van der Waals surface area contributed by atoms with Gasteiger partial charge in [0.05, 0.1) is 0 Å². The van der Waals surface area contributed by atoms with Gasteiger partial charge in [-0.05, 0) is 37.8 Å². The molecule has 2 unspecified atom stereocenters. The molecule has 1 rings (SSSR count). The second kappa shape index (κ2) is 5.49. The Balaban J connectivity index is 2.83. The Hall–Kier alpha value is -0.820. The van der Waals surface area contributed by atoms with Crippen LogP contribution < -0.4 is 5.32 Å². The predicted molar refractivity (Wildman–Crippen MR) is 72.1 cm³/mol. The van der Waals surface area contributed by atoms with Crippen LogP contribution in [0.2, 0.25) is 0 Å². The van der Waals surface area contributed by atoms with Crippen molar-refractivity contribution in [3.05, 3.63) is 34.9 Å². The van der Waals surface area contributed by atoms with Crippen LogP contribution in [0.3, 0.4) is 0 Å². The highest BCUT2D eigenvalue weighted by molar-refractivity contribution is 5.33. The lowest BCUT2D eigenvalue weighted by atomic mass is 9.90. The minimum atomic E-state index is 0.515. The van der Waals surface area contributed by atoms with Crippen LogP contribution in [0.25, 0.3) is 0 Å². The van der Waals surface area contributed by atoms with Crippen LogP contribution in [0, 0.1) is 13.8 Å². The molecule has 0 fully saturated rings. The molecule has 0 radical (unpaired) electrons. The fraction of sp³-hybridized carbons (Fsp3) is 0.600. The normalized spacial score (nSPS) is 15.2. The summed E-state index contributed by atoms with van der Waals surface area (Å²) in [6.45, 7) is 13.3. The van der Waals surface area contributed by atoms with Crippen molar-refractivity contribution in [1.29, 1.82) is 0 Å². The number of rotatable bonds is 4. The van der Waals surface area contributed by atoms with Crippen molar-refractivity contribution in [2.75, 3.05) is 0 Å². The van der Waals surface area contributed by atoms with Gasteiger partial charge in [-0.3, -0.25) is 0 Å². The third-order valence-electron chi connectivity index (χ3n) is 3.26. The molecule has 16 heavy (non-hydrogen) atoms. The van der Waals surface area contributed by atoms with E-state index in [2.05, 4.69) is 65.1 Å². The Morgan fingerprint density at radius 1 is 1.00 bits per heavy atom. The molecule has 1 N–H and O–H groups in total. The Bertz CT molecular complexity index is 341. The monoisotopic (exact) mass is 219 g/mol. The molecule has 1 heteroatoms. The van der Waals surface area contributed by atoms with E-state index in [0.717, 1.165) is 0 Å². The van der Waals surface area contributed by atoms with Crippen molar-refractivity contribution in [2.45, 2.75) is 59.5 Å². The van der Waals surface area contributed by atoms with Crippen molar-refractivity contribution in [3.63, 3.8) is 0 Å². The first-order chi connectivity index (χ1) is 7.41. The van der Waals surface area contributed by atoms with E-state index in [1.54, 1.807) is 0 Å². The molecule has 0 saturated heterocycles. The van der Waals surface area contributed by atoms with Gasteiger partial charge in [0.2, 0.25) is 0 Å². The molecule has 1 nitrogen and oxygen atoms in total. The highest BCUT2D eigenvalue weighted by Crippen LogP contribution is 2.23. The third kappa shape index (κ3) is 3.34. The van der Waals surface area contributed by atoms with Crippen LogP contribution in [0.1, 0.15) is 50.3 Å². The Morgan fingerprint density at radius 2 is 1.62 bits per heavy atom. The van der Waals surface area contributed by atoms with Crippen LogP contribution >= 0.6 is 0 Å². The molecule has 1 aromatic carbocycles. The van der Waals surface area contributed by atoms with Gasteiger partial charge in [-0.25, -0.2) is 0 Å². The minimum Gasteiger partial charge on any atom is -0.311 e. The molecule has 0 heterocycles. The van der Waals surface area contributed by atoms with Crippen LogP contribution in [0.15, 0.2) is 18.2 Å². The first-order valence-electron chi connectivity index (χ1n) is 6.25. The first-order valence-corrected chi connectivity index (χ1v) is 6.25. The summed E-state index contributed by atoms with van der Waals surface area (Å²) in [5.41, 5.74) is 4.22. The molecule has 2 atom stereocenters. The van der Waals surface area contributed by atoms with Crippen molar-refractivity contribution in [2.24, 2.45) is 0 Å². The number of hydrogen-bond donors (Lipinski definition) is 1. The lowest BCUT2D eigenvalue weighted by molar-refractivity contribution is 0.439. The van der Waals surface area contributed by atoms with Crippen LogP contribution in [0.5, 0.6) is 0 Å². The van der Waals surface area contributed by atoms with E-state index in [0.29, 0.717) is 18.0 Å². The average molecular weight is 219 g/mol. The number of aryl methyl sites for hydroxylation is 2. The molecular weight excluding hydrogens is 194 g/mol. The topological polar surface area (TPSA) is 12.0 Å². The van der Waals surface area contributed by atoms with Gasteiger partial charge in [-0.1, -0.05) is 44.5 Å². The van der Waals surface area contributed by atoms with E-state index in [1.807, 2.05) is 0 Å². The summed E-state index contributed by atoms with van der Waals surface area (Å²) in [6.07, 6.45) is 0. The van der Waals surface area contributed by atoms with E-state index in [9.17, 15) is 0 Å². The molecule has 0 amide bonds. The zero-order chi connectivity index (χ0) is 12.3. The quantitative estimate of drug-likeness (QED) is 0.812. The van der Waals surface area contributed by atoms with E-state index < -0.39 is 0 Å². The molecule has 0 aromatic heterocycles. The van der Waals surface area contributed by atoms with Crippen LogP contribution in [-0.4, -0.2) is 12.1 Å². The summed E-state index contributed by atoms with van der Waals surface area (Å²) in [4.78, 5) is 0. The highest BCUT2D eigenvalue weighted by atomic mass is 14.9. The molecule has 1 aromatic rings. The van der Waals surface area contributed by atoms with Crippen molar-refractivity contribution in [1.82, 2.24) is 5.32 Å². The van der Waals surface area contributed by atoms with Crippen molar-refractivity contribution >= 4 is 0 Å². The van der Waals surface area contributed by atoms with Gasteiger partial charge in [0.15, 0.2) is 0 Å². The number of hydrogen-bond acceptors (Lipinski definition) is 1. The lowest BCUT2D eigenvalue weighted by Crippen LogP contribution is -2.36. The molecular formula is C15H25N. The standard InChI is InChI=1S/C15H25N/c1-10(2)16-14(6)13(5)15-8-7-11(3)9-12(15)4/h7-10,13-14,16H,1-6H3.